The molecule has 5 heteroatoms. The Kier molecular flexibility index (Phi) is 5.25. The molecule has 0 fully saturated rings. The molecule has 2 amide bonds. The predicted molar refractivity (Wildman–Crippen MR) is 84.1 cm³/mol. The van der Waals surface area contributed by atoms with Gasteiger partial charge in [0.2, 0.25) is 5.91 Å². The van der Waals surface area contributed by atoms with Crippen LogP contribution in [-0.2, 0) is 11.3 Å². The van der Waals surface area contributed by atoms with Crippen molar-refractivity contribution in [1.82, 2.24) is 14.8 Å². The quantitative estimate of drug-likeness (QED) is 0.846. The van der Waals surface area contributed by atoms with Crippen molar-refractivity contribution in [3.8, 4) is 0 Å². The fourth-order valence-corrected chi connectivity index (χ4v) is 2.05. The average molecular weight is 297 g/mol. The molecule has 1 heterocycles. The lowest BCUT2D eigenvalue weighted by molar-refractivity contribution is -0.130. The second kappa shape index (κ2) is 7.36. The molecule has 2 rings (SSSR count). The highest BCUT2D eigenvalue weighted by Crippen LogP contribution is 2.05. The molecule has 1 aromatic heterocycles. The van der Waals surface area contributed by atoms with E-state index in [9.17, 15) is 9.59 Å². The van der Waals surface area contributed by atoms with Crippen molar-refractivity contribution in [1.29, 1.82) is 0 Å². The van der Waals surface area contributed by atoms with Crippen molar-refractivity contribution >= 4 is 11.8 Å². The van der Waals surface area contributed by atoms with E-state index < -0.39 is 0 Å². The van der Waals surface area contributed by atoms with Crippen LogP contribution in [0.15, 0.2) is 54.9 Å². The second-order valence-electron chi connectivity index (χ2n) is 5.14. The third-order valence-corrected chi connectivity index (χ3v) is 3.31. The summed E-state index contributed by atoms with van der Waals surface area (Å²) >= 11 is 0. The van der Waals surface area contributed by atoms with Gasteiger partial charge >= 0.3 is 0 Å². The Bertz CT molecular complexity index is 629. The lowest BCUT2D eigenvalue weighted by atomic mass is 10.2. The Morgan fingerprint density at radius 2 is 1.73 bits per heavy atom. The molecule has 0 aliphatic heterocycles. The number of pyridine rings is 1. The van der Waals surface area contributed by atoms with E-state index in [0.29, 0.717) is 12.1 Å². The molecular formula is C17H19N3O2. The molecule has 0 radical (unpaired) electrons. The van der Waals surface area contributed by atoms with Gasteiger partial charge in [0.05, 0.1) is 6.54 Å². The van der Waals surface area contributed by atoms with Gasteiger partial charge in [-0.05, 0) is 23.8 Å². The molecule has 0 bridgehead atoms. The number of amides is 2. The number of hydrogen-bond donors (Lipinski definition) is 0. The summed E-state index contributed by atoms with van der Waals surface area (Å²) in [5.74, 6) is -0.278. The lowest BCUT2D eigenvalue weighted by Crippen LogP contribution is -2.39. The number of rotatable bonds is 5. The topological polar surface area (TPSA) is 53.5 Å². The van der Waals surface area contributed by atoms with Crippen molar-refractivity contribution in [3.05, 3.63) is 66.0 Å². The summed E-state index contributed by atoms with van der Waals surface area (Å²) in [5, 5.41) is 0. The molecule has 0 spiro atoms. The molecule has 1 aromatic carbocycles. The summed E-state index contributed by atoms with van der Waals surface area (Å²) in [6, 6.07) is 12.7. The molecule has 0 aliphatic rings. The van der Waals surface area contributed by atoms with Crippen LogP contribution in [0.5, 0.6) is 0 Å². The van der Waals surface area contributed by atoms with Gasteiger partial charge in [-0.2, -0.15) is 0 Å². The molecule has 0 aliphatic carbocycles. The molecule has 22 heavy (non-hydrogen) atoms. The Hall–Kier alpha value is -2.69. The molecule has 0 saturated carbocycles. The number of benzene rings is 1. The predicted octanol–water partition coefficient (Wildman–Crippen LogP) is 1.81. The lowest BCUT2D eigenvalue weighted by Gasteiger charge is -2.22. The monoisotopic (exact) mass is 297 g/mol. The van der Waals surface area contributed by atoms with E-state index in [-0.39, 0.29) is 18.4 Å². The molecular weight excluding hydrogens is 278 g/mol. The SMILES string of the molecule is CN(Cc1cccnc1)C(=O)CN(C)C(=O)c1ccccc1. The summed E-state index contributed by atoms with van der Waals surface area (Å²) in [6.45, 7) is 0.518. The van der Waals surface area contributed by atoms with E-state index in [1.165, 1.54) is 4.90 Å². The maximum Gasteiger partial charge on any atom is 0.254 e. The number of carbonyl (C=O) groups is 2. The highest BCUT2D eigenvalue weighted by molar-refractivity contribution is 5.96. The van der Waals surface area contributed by atoms with E-state index >= 15 is 0 Å². The summed E-state index contributed by atoms with van der Waals surface area (Å²) in [7, 11) is 3.35. The van der Waals surface area contributed by atoms with Crippen LogP contribution in [0.4, 0.5) is 0 Å². The average Bonchev–Trinajstić information content (AvgIpc) is 2.55. The fraction of sp³-hybridized carbons (Fsp3) is 0.235. The van der Waals surface area contributed by atoms with E-state index in [0.717, 1.165) is 5.56 Å². The minimum absolute atomic E-state index is 0.0461. The van der Waals surface area contributed by atoms with Crippen LogP contribution in [0.3, 0.4) is 0 Å². The maximum absolute atomic E-state index is 12.2. The zero-order valence-electron chi connectivity index (χ0n) is 12.8. The third kappa shape index (κ3) is 4.15. The van der Waals surface area contributed by atoms with Gasteiger partial charge in [0.1, 0.15) is 0 Å². The van der Waals surface area contributed by atoms with Crippen molar-refractivity contribution in [2.75, 3.05) is 20.6 Å². The zero-order chi connectivity index (χ0) is 15.9. The first-order chi connectivity index (χ1) is 10.6. The third-order valence-electron chi connectivity index (χ3n) is 3.31. The van der Waals surface area contributed by atoms with Gasteiger partial charge in [0.15, 0.2) is 0 Å². The molecule has 0 saturated heterocycles. The van der Waals surface area contributed by atoms with Gasteiger partial charge < -0.3 is 9.80 Å². The Morgan fingerprint density at radius 3 is 2.36 bits per heavy atom. The molecule has 0 atom stereocenters. The molecule has 2 aromatic rings. The number of carbonyl (C=O) groups excluding carboxylic acids is 2. The number of hydrogen-bond acceptors (Lipinski definition) is 3. The van der Waals surface area contributed by atoms with Crippen LogP contribution in [0.25, 0.3) is 0 Å². The van der Waals surface area contributed by atoms with Gasteiger partial charge in [0.25, 0.3) is 5.91 Å². The smallest absolute Gasteiger partial charge is 0.254 e. The summed E-state index contributed by atoms with van der Waals surface area (Å²) in [6.07, 6.45) is 3.42. The van der Waals surface area contributed by atoms with Gasteiger partial charge in [-0.3, -0.25) is 14.6 Å². The highest BCUT2D eigenvalue weighted by Gasteiger charge is 2.17. The van der Waals surface area contributed by atoms with Crippen LogP contribution < -0.4 is 0 Å². The van der Waals surface area contributed by atoms with Crippen LogP contribution in [0.2, 0.25) is 0 Å². The highest BCUT2D eigenvalue weighted by atomic mass is 16.2. The van der Waals surface area contributed by atoms with Gasteiger partial charge in [0, 0.05) is 38.6 Å². The minimum Gasteiger partial charge on any atom is -0.340 e. The van der Waals surface area contributed by atoms with Crippen LogP contribution in [0.1, 0.15) is 15.9 Å². The van der Waals surface area contributed by atoms with E-state index in [4.69, 9.17) is 0 Å². The fourth-order valence-electron chi connectivity index (χ4n) is 2.05. The summed E-state index contributed by atoms with van der Waals surface area (Å²) in [4.78, 5) is 31.5. The standard InChI is InChI=1S/C17H19N3O2/c1-19(12-14-7-6-10-18-11-14)16(21)13-20(2)17(22)15-8-4-3-5-9-15/h3-11H,12-13H2,1-2H3. The van der Waals surface area contributed by atoms with Crippen molar-refractivity contribution in [2.24, 2.45) is 0 Å². The largest absolute Gasteiger partial charge is 0.340 e. The first-order valence-electron chi connectivity index (χ1n) is 7.01. The molecule has 0 N–H and O–H groups in total. The van der Waals surface area contributed by atoms with Gasteiger partial charge in [-0.1, -0.05) is 24.3 Å². The molecule has 5 nitrogen and oxygen atoms in total. The van der Waals surface area contributed by atoms with Crippen LogP contribution in [-0.4, -0.2) is 47.2 Å². The second-order valence-corrected chi connectivity index (χ2v) is 5.14. The number of nitrogens with zero attached hydrogens (tertiary/aromatic N) is 3. The van der Waals surface area contributed by atoms with Crippen LogP contribution in [0, 0.1) is 0 Å². The van der Waals surface area contributed by atoms with Crippen molar-refractivity contribution < 1.29 is 9.59 Å². The summed E-state index contributed by atoms with van der Waals surface area (Å²) < 4.78 is 0. The van der Waals surface area contributed by atoms with Crippen molar-refractivity contribution in [3.63, 3.8) is 0 Å². The molecule has 114 valence electrons. The minimum atomic E-state index is -0.163. The van der Waals surface area contributed by atoms with E-state index in [1.807, 2.05) is 18.2 Å². The first kappa shape index (κ1) is 15.7. The van der Waals surface area contributed by atoms with Gasteiger partial charge in [-0.15, -0.1) is 0 Å². The van der Waals surface area contributed by atoms with Crippen LogP contribution >= 0.6 is 0 Å². The van der Waals surface area contributed by atoms with Gasteiger partial charge in [-0.25, -0.2) is 0 Å². The Morgan fingerprint density at radius 1 is 1.00 bits per heavy atom. The zero-order valence-corrected chi connectivity index (χ0v) is 12.8. The molecule has 0 unspecified atom stereocenters. The maximum atomic E-state index is 12.2. The Labute approximate surface area is 130 Å². The van der Waals surface area contributed by atoms with Crippen molar-refractivity contribution in [2.45, 2.75) is 6.54 Å². The van der Waals surface area contributed by atoms with E-state index in [1.54, 1.807) is 55.7 Å². The number of likely N-dealkylation sites (N-methyl/N-ethyl adjacent to an activating group) is 2. The first-order valence-corrected chi connectivity index (χ1v) is 7.01. The normalized spacial score (nSPS) is 10.1. The Balaban J connectivity index is 1.92. The summed E-state index contributed by atoms with van der Waals surface area (Å²) in [5.41, 5.74) is 1.53. The van der Waals surface area contributed by atoms with E-state index in [2.05, 4.69) is 4.98 Å². The number of aromatic nitrogens is 1.